The van der Waals surface area contributed by atoms with Crippen LogP contribution in [-0.2, 0) is 6.42 Å². The van der Waals surface area contributed by atoms with Crippen molar-refractivity contribution in [1.29, 1.82) is 0 Å². The van der Waals surface area contributed by atoms with Gasteiger partial charge in [-0.2, -0.15) is 11.8 Å². The van der Waals surface area contributed by atoms with Crippen LogP contribution in [0.5, 0.6) is 0 Å². The Bertz CT molecular complexity index is 419. The zero-order chi connectivity index (χ0) is 14.9. The van der Waals surface area contributed by atoms with Crippen molar-refractivity contribution in [2.45, 2.75) is 46.0 Å². The summed E-state index contributed by atoms with van der Waals surface area (Å²) >= 11 is 2.08. The molecule has 0 bridgehead atoms. The van der Waals surface area contributed by atoms with E-state index in [2.05, 4.69) is 46.2 Å². The van der Waals surface area contributed by atoms with Gasteiger partial charge in [0.1, 0.15) is 17.5 Å². The zero-order valence-corrected chi connectivity index (χ0v) is 14.1. The Morgan fingerprint density at radius 3 is 2.48 bits per heavy atom. The summed E-state index contributed by atoms with van der Waals surface area (Å²) in [5.41, 5.74) is 0. The second kappa shape index (κ2) is 9.13. The van der Waals surface area contributed by atoms with E-state index < -0.39 is 0 Å². The highest BCUT2D eigenvalue weighted by Gasteiger charge is 2.14. The Hall–Kier alpha value is -0.970. The van der Waals surface area contributed by atoms with Crippen molar-refractivity contribution in [2.75, 3.05) is 35.2 Å². The van der Waals surface area contributed by atoms with Crippen molar-refractivity contribution in [3.63, 3.8) is 0 Å². The Morgan fingerprint density at radius 1 is 1.10 bits per heavy atom. The van der Waals surface area contributed by atoms with Gasteiger partial charge in [-0.05, 0) is 43.1 Å². The number of nitrogens with one attached hydrogen (secondary N) is 2. The SMILES string of the molecule is CCCNc1cc(NCC2CCSCC2)nc(CCC)n1. The number of aromatic nitrogens is 2. The lowest BCUT2D eigenvalue weighted by molar-refractivity contribution is 0.515. The Balaban J connectivity index is 1.96. The van der Waals surface area contributed by atoms with Gasteiger partial charge >= 0.3 is 0 Å². The summed E-state index contributed by atoms with van der Waals surface area (Å²) in [5, 5.41) is 6.91. The molecule has 2 rings (SSSR count). The molecule has 0 radical (unpaired) electrons. The van der Waals surface area contributed by atoms with Crippen LogP contribution < -0.4 is 10.6 Å². The normalized spacial score (nSPS) is 15.9. The first-order chi connectivity index (χ1) is 10.3. The van der Waals surface area contributed by atoms with Gasteiger partial charge in [0.25, 0.3) is 0 Å². The van der Waals surface area contributed by atoms with Crippen molar-refractivity contribution < 1.29 is 0 Å². The van der Waals surface area contributed by atoms with Gasteiger partial charge in [0.2, 0.25) is 0 Å². The summed E-state index contributed by atoms with van der Waals surface area (Å²) in [5.74, 6) is 6.28. The number of hydrogen-bond acceptors (Lipinski definition) is 5. The first-order valence-corrected chi connectivity index (χ1v) is 9.40. The number of aryl methyl sites for hydroxylation is 1. The predicted octanol–water partition coefficient (Wildman–Crippen LogP) is 3.81. The van der Waals surface area contributed by atoms with E-state index in [1.54, 1.807) is 0 Å². The lowest BCUT2D eigenvalue weighted by atomic mass is 10.0. The highest BCUT2D eigenvalue weighted by atomic mass is 32.2. The molecule has 1 aliphatic rings. The van der Waals surface area contributed by atoms with E-state index in [9.17, 15) is 0 Å². The third kappa shape index (κ3) is 5.73. The van der Waals surface area contributed by atoms with E-state index >= 15 is 0 Å². The molecule has 1 aromatic rings. The molecule has 2 N–H and O–H groups in total. The first-order valence-electron chi connectivity index (χ1n) is 8.25. The Morgan fingerprint density at radius 2 is 1.81 bits per heavy atom. The molecule has 1 aliphatic heterocycles. The molecule has 4 nitrogen and oxygen atoms in total. The van der Waals surface area contributed by atoms with E-state index in [0.717, 1.165) is 55.7 Å². The standard InChI is InChI=1S/C16H28N4S/c1-3-5-14-19-15(17-8-4-2)11-16(20-14)18-12-13-6-9-21-10-7-13/h11,13H,3-10,12H2,1-2H3,(H2,17,18,19,20). The molecule has 0 saturated carbocycles. The highest BCUT2D eigenvalue weighted by molar-refractivity contribution is 7.99. The maximum atomic E-state index is 4.65. The van der Waals surface area contributed by atoms with Crippen molar-refractivity contribution in [2.24, 2.45) is 5.92 Å². The number of nitrogens with zero attached hydrogens (tertiary/aromatic N) is 2. The summed E-state index contributed by atoms with van der Waals surface area (Å²) in [6.45, 7) is 6.34. The predicted molar refractivity (Wildman–Crippen MR) is 93.3 cm³/mol. The van der Waals surface area contributed by atoms with Crippen molar-refractivity contribution in [3.05, 3.63) is 11.9 Å². The molecular formula is C16H28N4S. The number of rotatable bonds is 8. The van der Waals surface area contributed by atoms with Gasteiger partial charge in [-0.3, -0.25) is 0 Å². The fraction of sp³-hybridized carbons (Fsp3) is 0.750. The fourth-order valence-electron chi connectivity index (χ4n) is 2.47. The maximum absolute atomic E-state index is 4.65. The van der Waals surface area contributed by atoms with Crippen LogP contribution in [0.2, 0.25) is 0 Å². The van der Waals surface area contributed by atoms with Gasteiger partial charge in [0, 0.05) is 25.6 Å². The van der Waals surface area contributed by atoms with Crippen LogP contribution >= 0.6 is 11.8 Å². The lowest BCUT2D eigenvalue weighted by Gasteiger charge is -2.22. The average Bonchev–Trinajstić information content (AvgIpc) is 2.52. The molecular weight excluding hydrogens is 280 g/mol. The van der Waals surface area contributed by atoms with Gasteiger partial charge < -0.3 is 10.6 Å². The van der Waals surface area contributed by atoms with Crippen molar-refractivity contribution >= 4 is 23.4 Å². The largest absolute Gasteiger partial charge is 0.370 e. The third-order valence-electron chi connectivity index (χ3n) is 3.71. The van der Waals surface area contributed by atoms with Crippen LogP contribution in [0.4, 0.5) is 11.6 Å². The summed E-state index contributed by atoms with van der Waals surface area (Å²) in [7, 11) is 0. The molecule has 118 valence electrons. The Labute approximate surface area is 132 Å². The third-order valence-corrected chi connectivity index (χ3v) is 4.76. The maximum Gasteiger partial charge on any atom is 0.133 e. The van der Waals surface area contributed by atoms with Crippen LogP contribution in [0.3, 0.4) is 0 Å². The molecule has 1 aromatic heterocycles. The van der Waals surface area contributed by atoms with E-state index in [4.69, 9.17) is 0 Å². The second-order valence-corrected chi connectivity index (χ2v) is 6.89. The van der Waals surface area contributed by atoms with Gasteiger partial charge in [0.15, 0.2) is 0 Å². The smallest absolute Gasteiger partial charge is 0.133 e. The number of thioether (sulfide) groups is 1. The summed E-state index contributed by atoms with van der Waals surface area (Å²) in [6, 6.07) is 2.05. The molecule has 0 aliphatic carbocycles. The van der Waals surface area contributed by atoms with Crippen LogP contribution in [0, 0.1) is 5.92 Å². The minimum atomic E-state index is 0.794. The van der Waals surface area contributed by atoms with Gasteiger partial charge in [-0.1, -0.05) is 13.8 Å². The van der Waals surface area contributed by atoms with Crippen LogP contribution in [0.25, 0.3) is 0 Å². The van der Waals surface area contributed by atoms with Gasteiger partial charge in [-0.15, -0.1) is 0 Å². The molecule has 0 spiro atoms. The molecule has 5 heteroatoms. The van der Waals surface area contributed by atoms with Gasteiger partial charge in [-0.25, -0.2) is 9.97 Å². The van der Waals surface area contributed by atoms with Crippen LogP contribution in [0.15, 0.2) is 6.07 Å². The number of anilines is 2. The average molecular weight is 308 g/mol. The molecule has 2 heterocycles. The van der Waals surface area contributed by atoms with E-state index in [0.29, 0.717) is 0 Å². The molecule has 0 atom stereocenters. The molecule has 1 saturated heterocycles. The summed E-state index contributed by atoms with van der Waals surface area (Å²) in [6.07, 6.45) is 5.78. The summed E-state index contributed by atoms with van der Waals surface area (Å²) < 4.78 is 0. The first kappa shape index (κ1) is 16.4. The van der Waals surface area contributed by atoms with E-state index in [1.165, 1.54) is 24.3 Å². The topological polar surface area (TPSA) is 49.8 Å². The van der Waals surface area contributed by atoms with E-state index in [-0.39, 0.29) is 0 Å². The van der Waals surface area contributed by atoms with Crippen molar-refractivity contribution in [1.82, 2.24) is 9.97 Å². The minimum Gasteiger partial charge on any atom is -0.370 e. The van der Waals surface area contributed by atoms with Crippen LogP contribution in [0.1, 0.15) is 45.4 Å². The molecule has 21 heavy (non-hydrogen) atoms. The van der Waals surface area contributed by atoms with Gasteiger partial charge in [0.05, 0.1) is 0 Å². The molecule has 0 unspecified atom stereocenters. The molecule has 1 fully saturated rings. The molecule has 0 aromatic carbocycles. The fourth-order valence-corrected chi connectivity index (χ4v) is 3.67. The molecule has 0 amide bonds. The second-order valence-electron chi connectivity index (χ2n) is 5.67. The number of hydrogen-bond donors (Lipinski definition) is 2. The minimum absolute atomic E-state index is 0.794. The lowest BCUT2D eigenvalue weighted by Crippen LogP contribution is -2.20. The Kier molecular flexibility index (Phi) is 7.13. The van der Waals surface area contributed by atoms with Crippen LogP contribution in [-0.4, -0.2) is 34.6 Å². The van der Waals surface area contributed by atoms with Crippen molar-refractivity contribution in [3.8, 4) is 0 Å². The monoisotopic (exact) mass is 308 g/mol. The highest BCUT2D eigenvalue weighted by Crippen LogP contribution is 2.23. The summed E-state index contributed by atoms with van der Waals surface area (Å²) in [4.78, 5) is 9.24. The quantitative estimate of drug-likeness (QED) is 0.765. The van der Waals surface area contributed by atoms with E-state index in [1.807, 2.05) is 6.07 Å². The zero-order valence-electron chi connectivity index (χ0n) is 13.3.